The zero-order valence-corrected chi connectivity index (χ0v) is 17.2. The molecule has 28 heavy (non-hydrogen) atoms. The third kappa shape index (κ3) is 6.06. The molecule has 1 atom stereocenters. The molecule has 2 rings (SSSR count). The zero-order valence-electron chi connectivity index (χ0n) is 16.4. The molecule has 1 N–H and O–H groups in total. The van der Waals surface area contributed by atoms with Gasteiger partial charge in [-0.1, -0.05) is 48.9 Å². The second kappa shape index (κ2) is 10.2. The lowest BCUT2D eigenvalue weighted by atomic mass is 10.1. The Morgan fingerprint density at radius 3 is 2.32 bits per heavy atom. The first-order chi connectivity index (χ1) is 13.3. The number of hydrogen-bond acceptors (Lipinski definition) is 2. The Balaban J connectivity index is 2.30. The van der Waals surface area contributed by atoms with Crippen molar-refractivity contribution in [1.82, 2.24) is 10.2 Å². The van der Waals surface area contributed by atoms with Gasteiger partial charge in [0.25, 0.3) is 0 Å². The van der Waals surface area contributed by atoms with Crippen LogP contribution in [0.5, 0.6) is 0 Å². The molecule has 4 nitrogen and oxygen atoms in total. The number of nitrogens with one attached hydrogen (secondary N) is 1. The van der Waals surface area contributed by atoms with E-state index in [2.05, 4.69) is 5.32 Å². The first-order valence-corrected chi connectivity index (χ1v) is 9.77. The first-order valence-electron chi connectivity index (χ1n) is 9.39. The molecule has 2 aromatic rings. The van der Waals surface area contributed by atoms with Gasteiger partial charge in [0.15, 0.2) is 0 Å². The lowest BCUT2D eigenvalue weighted by Gasteiger charge is -2.31. The molecule has 2 amide bonds. The number of amides is 2. The summed E-state index contributed by atoms with van der Waals surface area (Å²) in [7, 11) is 0. The van der Waals surface area contributed by atoms with Crippen molar-refractivity contribution >= 4 is 23.4 Å². The van der Waals surface area contributed by atoms with Crippen molar-refractivity contribution in [3.8, 4) is 0 Å². The van der Waals surface area contributed by atoms with Gasteiger partial charge >= 0.3 is 0 Å². The summed E-state index contributed by atoms with van der Waals surface area (Å²) in [5.74, 6) is -0.943. The number of carbonyl (C=O) groups is 2. The lowest BCUT2D eigenvalue weighted by molar-refractivity contribution is -0.141. The Kier molecular flexibility index (Phi) is 8.00. The molecule has 0 aliphatic heterocycles. The van der Waals surface area contributed by atoms with Crippen LogP contribution in [0.1, 0.15) is 38.3 Å². The largest absolute Gasteiger partial charge is 0.352 e. The molecule has 0 fully saturated rings. The Labute approximate surface area is 170 Å². The minimum Gasteiger partial charge on any atom is -0.352 e. The fraction of sp³-hybridized carbons (Fsp3) is 0.364. The monoisotopic (exact) mass is 404 g/mol. The zero-order chi connectivity index (χ0) is 20.7. The third-order valence-electron chi connectivity index (χ3n) is 4.38. The van der Waals surface area contributed by atoms with Crippen molar-refractivity contribution in [2.45, 2.75) is 52.2 Å². The quantitative estimate of drug-likeness (QED) is 0.710. The molecule has 0 saturated heterocycles. The van der Waals surface area contributed by atoms with Gasteiger partial charge < -0.3 is 10.2 Å². The van der Waals surface area contributed by atoms with E-state index in [1.54, 1.807) is 30.3 Å². The third-order valence-corrected chi connectivity index (χ3v) is 4.63. The highest BCUT2D eigenvalue weighted by molar-refractivity contribution is 6.30. The lowest BCUT2D eigenvalue weighted by Crippen LogP contribution is -2.50. The van der Waals surface area contributed by atoms with E-state index in [9.17, 15) is 14.0 Å². The Morgan fingerprint density at radius 2 is 1.75 bits per heavy atom. The van der Waals surface area contributed by atoms with Crippen LogP contribution in [-0.2, 0) is 22.6 Å². The van der Waals surface area contributed by atoms with E-state index >= 15 is 0 Å². The van der Waals surface area contributed by atoms with Gasteiger partial charge in [0, 0.05) is 17.6 Å². The first kappa shape index (κ1) is 21.9. The molecule has 0 aliphatic rings. The van der Waals surface area contributed by atoms with Crippen LogP contribution < -0.4 is 5.32 Å². The molecular weight excluding hydrogens is 379 g/mol. The topological polar surface area (TPSA) is 49.4 Å². The van der Waals surface area contributed by atoms with Crippen LogP contribution in [0.2, 0.25) is 5.02 Å². The molecule has 0 aliphatic carbocycles. The van der Waals surface area contributed by atoms with Gasteiger partial charge in [-0.2, -0.15) is 0 Å². The minimum atomic E-state index is -0.641. The van der Waals surface area contributed by atoms with Gasteiger partial charge in [0.2, 0.25) is 11.8 Å². The second-order valence-electron chi connectivity index (χ2n) is 7.00. The molecule has 150 valence electrons. The molecule has 0 spiro atoms. The predicted octanol–water partition coefficient (Wildman–Crippen LogP) is 4.35. The Bertz CT molecular complexity index is 808. The summed E-state index contributed by atoms with van der Waals surface area (Å²) in [6, 6.07) is 12.6. The van der Waals surface area contributed by atoms with Crippen molar-refractivity contribution in [1.29, 1.82) is 0 Å². The van der Waals surface area contributed by atoms with Gasteiger partial charge in [-0.15, -0.1) is 0 Å². The minimum absolute atomic E-state index is 0.0411. The number of halogens is 2. The van der Waals surface area contributed by atoms with E-state index in [0.717, 1.165) is 5.56 Å². The molecule has 0 aromatic heterocycles. The van der Waals surface area contributed by atoms with E-state index in [0.29, 0.717) is 17.0 Å². The molecule has 2 aromatic carbocycles. The van der Waals surface area contributed by atoms with Crippen LogP contribution in [0.4, 0.5) is 4.39 Å². The van der Waals surface area contributed by atoms with Crippen LogP contribution in [0, 0.1) is 5.82 Å². The van der Waals surface area contributed by atoms with E-state index in [1.165, 1.54) is 11.0 Å². The van der Waals surface area contributed by atoms with E-state index in [-0.39, 0.29) is 30.8 Å². The summed E-state index contributed by atoms with van der Waals surface area (Å²) in [4.78, 5) is 27.3. The molecule has 0 radical (unpaired) electrons. The molecule has 0 saturated carbocycles. The number of nitrogens with zero attached hydrogens (tertiary/aromatic N) is 1. The Hall–Kier alpha value is -2.40. The van der Waals surface area contributed by atoms with Gasteiger partial charge in [-0.3, -0.25) is 9.59 Å². The van der Waals surface area contributed by atoms with Crippen molar-refractivity contribution in [2.24, 2.45) is 0 Å². The summed E-state index contributed by atoms with van der Waals surface area (Å²) in [5, 5.41) is 3.47. The van der Waals surface area contributed by atoms with Crippen molar-refractivity contribution < 1.29 is 14.0 Å². The van der Waals surface area contributed by atoms with Crippen LogP contribution in [0.3, 0.4) is 0 Å². The van der Waals surface area contributed by atoms with Crippen LogP contribution >= 0.6 is 11.6 Å². The van der Waals surface area contributed by atoms with Crippen LogP contribution in [0.15, 0.2) is 48.5 Å². The molecule has 6 heteroatoms. The average Bonchev–Trinajstić information content (AvgIpc) is 2.64. The maximum absolute atomic E-state index is 14.0. The SMILES string of the molecule is CC[C@@H](C(=O)NC(C)C)N(Cc1ccc(Cl)cc1)C(=O)Cc1ccccc1F. The summed E-state index contributed by atoms with van der Waals surface area (Å²) in [5.41, 5.74) is 1.16. The summed E-state index contributed by atoms with van der Waals surface area (Å²) in [6.07, 6.45) is 0.348. The smallest absolute Gasteiger partial charge is 0.243 e. The van der Waals surface area contributed by atoms with Gasteiger partial charge in [0.05, 0.1) is 6.42 Å². The number of hydrogen-bond donors (Lipinski definition) is 1. The highest BCUT2D eigenvalue weighted by atomic mass is 35.5. The molecule has 0 heterocycles. The van der Waals surface area contributed by atoms with Crippen molar-refractivity contribution in [3.05, 3.63) is 70.5 Å². The Morgan fingerprint density at radius 1 is 1.11 bits per heavy atom. The highest BCUT2D eigenvalue weighted by Crippen LogP contribution is 2.17. The molecular formula is C22H26ClFN2O2. The fourth-order valence-electron chi connectivity index (χ4n) is 2.99. The van der Waals surface area contributed by atoms with Gasteiger partial charge in [0.1, 0.15) is 11.9 Å². The number of carbonyl (C=O) groups excluding carboxylic acids is 2. The number of rotatable bonds is 8. The van der Waals surface area contributed by atoms with Gasteiger partial charge in [-0.05, 0) is 49.6 Å². The average molecular weight is 405 g/mol. The summed E-state index contributed by atoms with van der Waals surface area (Å²) < 4.78 is 14.0. The summed E-state index contributed by atoms with van der Waals surface area (Å²) >= 11 is 5.95. The number of benzene rings is 2. The van der Waals surface area contributed by atoms with Crippen LogP contribution in [0.25, 0.3) is 0 Å². The molecule has 0 unspecified atom stereocenters. The van der Waals surface area contributed by atoms with E-state index in [1.807, 2.05) is 32.9 Å². The highest BCUT2D eigenvalue weighted by Gasteiger charge is 2.29. The maximum Gasteiger partial charge on any atom is 0.243 e. The molecule has 0 bridgehead atoms. The van der Waals surface area contributed by atoms with Crippen molar-refractivity contribution in [2.75, 3.05) is 0 Å². The van der Waals surface area contributed by atoms with Crippen LogP contribution in [-0.4, -0.2) is 28.8 Å². The van der Waals surface area contributed by atoms with E-state index in [4.69, 9.17) is 11.6 Å². The normalized spacial score (nSPS) is 11.9. The fourth-order valence-corrected chi connectivity index (χ4v) is 3.12. The summed E-state index contributed by atoms with van der Waals surface area (Å²) in [6.45, 7) is 5.84. The second-order valence-corrected chi connectivity index (χ2v) is 7.44. The maximum atomic E-state index is 14.0. The van der Waals surface area contributed by atoms with Crippen molar-refractivity contribution in [3.63, 3.8) is 0 Å². The predicted molar refractivity (Wildman–Crippen MR) is 109 cm³/mol. The van der Waals surface area contributed by atoms with E-state index < -0.39 is 11.9 Å². The van der Waals surface area contributed by atoms with Gasteiger partial charge in [-0.25, -0.2) is 4.39 Å². The standard InChI is InChI=1S/C22H26ClFN2O2/c1-4-20(22(28)25-15(2)3)26(14-16-9-11-18(23)12-10-16)21(27)13-17-7-5-6-8-19(17)24/h5-12,15,20H,4,13-14H2,1-3H3,(H,25,28)/t20-/m0/s1.